The van der Waals surface area contributed by atoms with E-state index in [1.807, 2.05) is 31.2 Å². The first-order valence-electron chi connectivity index (χ1n) is 8.09. The van der Waals surface area contributed by atoms with Crippen molar-refractivity contribution >= 4 is 33.4 Å². The number of fused-ring (bicyclic) bond motifs is 1. The number of nitrogens with zero attached hydrogens (tertiary/aromatic N) is 3. The summed E-state index contributed by atoms with van der Waals surface area (Å²) in [4.78, 5) is 30.6. The molecule has 0 aliphatic heterocycles. The van der Waals surface area contributed by atoms with Crippen molar-refractivity contribution in [3.05, 3.63) is 46.3 Å². The van der Waals surface area contributed by atoms with E-state index >= 15 is 0 Å². The van der Waals surface area contributed by atoms with Crippen LogP contribution in [0.5, 0.6) is 0 Å². The number of thiazole rings is 1. The molecule has 0 saturated carbocycles. The van der Waals surface area contributed by atoms with Gasteiger partial charge in [-0.3, -0.25) is 4.79 Å². The highest BCUT2D eigenvalue weighted by Crippen LogP contribution is 2.28. The van der Waals surface area contributed by atoms with Gasteiger partial charge in [0.05, 0.1) is 22.0 Å². The van der Waals surface area contributed by atoms with Crippen molar-refractivity contribution < 1.29 is 18.8 Å². The Morgan fingerprint density at radius 2 is 2.04 bits per heavy atom. The molecule has 3 aromatic rings. The topological polar surface area (TPSA) is 85.5 Å². The average molecular weight is 373 g/mol. The van der Waals surface area contributed by atoms with E-state index in [1.54, 1.807) is 32.2 Å². The fourth-order valence-electron chi connectivity index (χ4n) is 2.53. The second-order valence-electron chi connectivity index (χ2n) is 5.98. The Balaban J connectivity index is 1.64. The molecule has 0 spiro atoms. The molecule has 1 atom stereocenters. The Morgan fingerprint density at radius 3 is 2.69 bits per heavy atom. The van der Waals surface area contributed by atoms with Gasteiger partial charge >= 0.3 is 5.97 Å². The molecule has 0 fully saturated rings. The van der Waals surface area contributed by atoms with Crippen molar-refractivity contribution in [2.75, 3.05) is 13.7 Å². The van der Waals surface area contributed by atoms with Gasteiger partial charge in [0.15, 0.2) is 6.61 Å². The summed E-state index contributed by atoms with van der Waals surface area (Å²) in [6, 6.07) is 7.60. The van der Waals surface area contributed by atoms with Gasteiger partial charge in [0.1, 0.15) is 16.3 Å². The largest absolute Gasteiger partial charge is 0.452 e. The van der Waals surface area contributed by atoms with Crippen LogP contribution < -0.4 is 0 Å². The first-order valence-corrected chi connectivity index (χ1v) is 8.91. The third-order valence-electron chi connectivity index (χ3n) is 4.21. The summed E-state index contributed by atoms with van der Waals surface area (Å²) < 4.78 is 11.1. The zero-order valence-corrected chi connectivity index (χ0v) is 15.8. The summed E-state index contributed by atoms with van der Waals surface area (Å²) in [7, 11) is 1.67. The highest BCUT2D eigenvalue weighted by Gasteiger charge is 2.24. The van der Waals surface area contributed by atoms with Gasteiger partial charge in [-0.25, -0.2) is 9.78 Å². The molecule has 7 nitrogen and oxygen atoms in total. The van der Waals surface area contributed by atoms with Crippen LogP contribution in [0.3, 0.4) is 0 Å². The van der Waals surface area contributed by atoms with Crippen molar-refractivity contribution in [3.8, 4) is 0 Å². The van der Waals surface area contributed by atoms with Crippen molar-refractivity contribution in [3.63, 3.8) is 0 Å². The van der Waals surface area contributed by atoms with Gasteiger partial charge in [-0.2, -0.15) is 0 Å². The lowest BCUT2D eigenvalue weighted by atomic mass is 10.2. The number of likely N-dealkylation sites (N-methyl/N-ethyl adjacent to an activating group) is 1. The molecule has 0 aliphatic carbocycles. The van der Waals surface area contributed by atoms with Gasteiger partial charge in [0.2, 0.25) is 0 Å². The fourth-order valence-corrected chi connectivity index (χ4v) is 3.59. The van der Waals surface area contributed by atoms with Crippen LogP contribution in [0, 0.1) is 13.8 Å². The molecule has 136 valence electrons. The molecular weight excluding hydrogens is 354 g/mol. The van der Waals surface area contributed by atoms with Crippen molar-refractivity contribution in [2.45, 2.75) is 26.8 Å². The van der Waals surface area contributed by atoms with E-state index < -0.39 is 5.97 Å². The summed E-state index contributed by atoms with van der Waals surface area (Å²) in [5, 5.41) is 4.54. The minimum absolute atomic E-state index is 0.224. The van der Waals surface area contributed by atoms with Crippen LogP contribution in [0.1, 0.15) is 39.8 Å². The quantitative estimate of drug-likeness (QED) is 0.638. The van der Waals surface area contributed by atoms with Crippen LogP contribution >= 0.6 is 11.3 Å². The minimum Gasteiger partial charge on any atom is -0.452 e. The average Bonchev–Trinajstić information content (AvgIpc) is 3.21. The van der Waals surface area contributed by atoms with Gasteiger partial charge < -0.3 is 14.2 Å². The highest BCUT2D eigenvalue weighted by molar-refractivity contribution is 7.18. The number of ether oxygens (including phenoxy) is 1. The van der Waals surface area contributed by atoms with Gasteiger partial charge in [-0.05, 0) is 32.9 Å². The van der Waals surface area contributed by atoms with E-state index in [-0.39, 0.29) is 24.1 Å². The smallest absolute Gasteiger partial charge is 0.344 e. The second-order valence-corrected chi connectivity index (χ2v) is 7.04. The maximum Gasteiger partial charge on any atom is 0.344 e. The van der Waals surface area contributed by atoms with E-state index in [0.717, 1.165) is 15.2 Å². The predicted molar refractivity (Wildman–Crippen MR) is 97.1 cm³/mol. The fraction of sp³-hybridized carbons (Fsp3) is 0.333. The van der Waals surface area contributed by atoms with Crippen LogP contribution in [-0.4, -0.2) is 40.6 Å². The molecule has 2 aromatic heterocycles. The lowest BCUT2D eigenvalue weighted by molar-refractivity contribution is -0.135. The lowest BCUT2D eigenvalue weighted by Crippen LogP contribution is -2.33. The van der Waals surface area contributed by atoms with Crippen molar-refractivity contribution in [2.24, 2.45) is 0 Å². The number of carbonyl (C=O) groups excluding carboxylic acids is 2. The first kappa shape index (κ1) is 18.1. The number of carbonyl (C=O) groups is 2. The highest BCUT2D eigenvalue weighted by atomic mass is 32.1. The third-order valence-corrected chi connectivity index (χ3v) is 5.41. The molecule has 0 unspecified atom stereocenters. The maximum atomic E-state index is 12.4. The van der Waals surface area contributed by atoms with Crippen LogP contribution in [-0.2, 0) is 9.53 Å². The molecule has 0 bridgehead atoms. The molecule has 8 heteroatoms. The molecule has 1 aromatic carbocycles. The third kappa shape index (κ3) is 3.45. The summed E-state index contributed by atoms with van der Waals surface area (Å²) in [5.41, 5.74) is 1.61. The van der Waals surface area contributed by atoms with Crippen molar-refractivity contribution in [1.82, 2.24) is 15.0 Å². The molecular formula is C18H19N3O4S. The number of aryl methyl sites for hydroxylation is 2. The predicted octanol–water partition coefficient (Wildman–Crippen LogP) is 3.28. The van der Waals surface area contributed by atoms with Gasteiger partial charge in [0.25, 0.3) is 5.91 Å². The van der Waals surface area contributed by atoms with Crippen LogP contribution in [0.25, 0.3) is 10.2 Å². The van der Waals surface area contributed by atoms with E-state index in [9.17, 15) is 9.59 Å². The van der Waals surface area contributed by atoms with Crippen LogP contribution in [0.2, 0.25) is 0 Å². The molecule has 26 heavy (non-hydrogen) atoms. The van der Waals surface area contributed by atoms with E-state index in [4.69, 9.17) is 9.26 Å². The number of amides is 1. The van der Waals surface area contributed by atoms with E-state index in [0.29, 0.717) is 11.5 Å². The Bertz CT molecular complexity index is 910. The van der Waals surface area contributed by atoms with Crippen LogP contribution in [0.4, 0.5) is 0 Å². The minimum atomic E-state index is -0.615. The molecule has 0 aliphatic rings. The number of hydrogen-bond acceptors (Lipinski definition) is 7. The monoisotopic (exact) mass is 373 g/mol. The zero-order valence-electron chi connectivity index (χ0n) is 15.0. The molecule has 0 saturated heterocycles. The van der Waals surface area contributed by atoms with Gasteiger partial charge in [-0.15, -0.1) is 11.3 Å². The number of hydrogen-bond donors (Lipinski definition) is 0. The number of aromatic nitrogens is 2. The summed E-state index contributed by atoms with van der Waals surface area (Å²) in [5.74, 6) is -0.552. The van der Waals surface area contributed by atoms with Gasteiger partial charge in [0, 0.05) is 7.05 Å². The SMILES string of the molecule is Cc1noc(C)c1C(=O)OCC(=O)N(C)[C@H](C)c1nc2ccccc2s1. The van der Waals surface area contributed by atoms with E-state index in [1.165, 1.54) is 4.90 Å². The van der Waals surface area contributed by atoms with E-state index in [2.05, 4.69) is 10.1 Å². The number of para-hydroxylation sites is 1. The molecule has 1 amide bonds. The lowest BCUT2D eigenvalue weighted by Gasteiger charge is -2.23. The molecule has 3 rings (SSSR count). The number of rotatable bonds is 5. The normalized spacial score (nSPS) is 12.2. The molecule has 0 radical (unpaired) electrons. The van der Waals surface area contributed by atoms with Crippen LogP contribution in [0.15, 0.2) is 28.8 Å². The first-order chi connectivity index (χ1) is 12.4. The van der Waals surface area contributed by atoms with Crippen molar-refractivity contribution in [1.29, 1.82) is 0 Å². The number of benzene rings is 1. The molecule has 2 heterocycles. The Labute approximate surface area is 154 Å². The zero-order chi connectivity index (χ0) is 18.8. The molecule has 0 N–H and O–H groups in total. The standard InChI is InChI=1S/C18H19N3O4S/c1-10-16(12(3)25-20-10)18(23)24-9-15(22)21(4)11(2)17-19-13-7-5-6-8-14(13)26-17/h5-8,11H,9H2,1-4H3/t11-/m1/s1. The maximum absolute atomic E-state index is 12.4. The van der Waals surface area contributed by atoms with Gasteiger partial charge in [-0.1, -0.05) is 17.3 Å². The Morgan fingerprint density at radius 1 is 1.31 bits per heavy atom. The second kappa shape index (κ2) is 7.25. The summed E-state index contributed by atoms with van der Waals surface area (Å²) >= 11 is 1.54. The number of esters is 1. The Kier molecular flexibility index (Phi) is 5.03. The summed E-state index contributed by atoms with van der Waals surface area (Å²) in [6.45, 7) is 4.82. The Hall–Kier alpha value is -2.74. The summed E-state index contributed by atoms with van der Waals surface area (Å²) in [6.07, 6.45) is 0.